The van der Waals surface area contributed by atoms with Gasteiger partial charge in [0, 0.05) is 13.1 Å². The third-order valence-corrected chi connectivity index (χ3v) is 4.33. The summed E-state index contributed by atoms with van der Waals surface area (Å²) in [5.41, 5.74) is 1.86. The molecule has 3 rings (SSSR count). The third kappa shape index (κ3) is 5.31. The Hall–Kier alpha value is -2.90. The molecule has 0 aliphatic carbocycles. The van der Waals surface area contributed by atoms with Gasteiger partial charge in [0.25, 0.3) is 5.91 Å². The summed E-state index contributed by atoms with van der Waals surface area (Å²) in [6.45, 7) is 1.87. The van der Waals surface area contributed by atoms with Crippen LogP contribution in [0.4, 0.5) is 0 Å². The molecule has 0 unspecified atom stereocenters. The molecule has 1 heterocycles. The van der Waals surface area contributed by atoms with Crippen molar-refractivity contribution < 1.29 is 9.53 Å². The van der Waals surface area contributed by atoms with Gasteiger partial charge in [-0.15, -0.1) is 5.10 Å². The molecule has 1 N–H and O–H groups in total. The van der Waals surface area contributed by atoms with Crippen LogP contribution in [0.25, 0.3) is 5.69 Å². The zero-order valence-corrected chi connectivity index (χ0v) is 16.6. The topological polar surface area (TPSA) is 72.3 Å². The van der Waals surface area contributed by atoms with Gasteiger partial charge in [-0.1, -0.05) is 41.1 Å². The fourth-order valence-electron chi connectivity index (χ4n) is 2.45. The molecule has 28 heavy (non-hydrogen) atoms. The predicted octanol–water partition coefficient (Wildman–Crippen LogP) is 2.79. The third-order valence-electron chi connectivity index (χ3n) is 4.01. The molecular formula is C20H22ClN5O2. The second-order valence-electron chi connectivity index (χ2n) is 6.48. The Morgan fingerprint density at radius 3 is 2.64 bits per heavy atom. The molecule has 1 amide bonds. The average Bonchev–Trinajstić information content (AvgIpc) is 3.17. The zero-order valence-electron chi connectivity index (χ0n) is 15.8. The zero-order chi connectivity index (χ0) is 19.9. The molecule has 1 aromatic heterocycles. The molecule has 0 saturated carbocycles. The number of nitrogens with one attached hydrogen (secondary N) is 1. The first-order valence-electron chi connectivity index (χ1n) is 8.85. The van der Waals surface area contributed by atoms with Crippen molar-refractivity contribution in [3.63, 3.8) is 0 Å². The van der Waals surface area contributed by atoms with Crippen molar-refractivity contribution >= 4 is 17.5 Å². The molecule has 3 aromatic rings. The Labute approximate surface area is 168 Å². The molecule has 0 atom stereocenters. The van der Waals surface area contributed by atoms with Crippen LogP contribution in [-0.2, 0) is 6.54 Å². The Bertz CT molecular complexity index is 924. The standard InChI is InChI=1S/C20H22ClN5O2/c1-25(2)11-12-28-16-9-7-15(8-10-16)13-22-20(27)18-14-26(24-23-18)19-6-4-3-5-17(19)21/h3-10,14H,11-13H2,1-2H3,(H,22,27). The van der Waals surface area contributed by atoms with Crippen LogP contribution in [0.15, 0.2) is 54.7 Å². The van der Waals surface area contributed by atoms with Gasteiger partial charge in [-0.3, -0.25) is 4.79 Å². The van der Waals surface area contributed by atoms with Crippen LogP contribution in [0.3, 0.4) is 0 Å². The maximum absolute atomic E-state index is 12.3. The van der Waals surface area contributed by atoms with Gasteiger partial charge in [-0.25, -0.2) is 4.68 Å². The summed E-state index contributed by atoms with van der Waals surface area (Å²) in [5.74, 6) is 0.504. The number of likely N-dealkylation sites (N-methyl/N-ethyl adjacent to an activating group) is 1. The minimum absolute atomic E-state index is 0.226. The predicted molar refractivity (Wildman–Crippen MR) is 108 cm³/mol. The largest absolute Gasteiger partial charge is 0.492 e. The van der Waals surface area contributed by atoms with E-state index < -0.39 is 0 Å². The molecule has 8 heteroatoms. The first-order chi connectivity index (χ1) is 13.5. The second-order valence-corrected chi connectivity index (χ2v) is 6.89. The number of hydrogen-bond acceptors (Lipinski definition) is 5. The van der Waals surface area contributed by atoms with E-state index in [9.17, 15) is 4.79 Å². The van der Waals surface area contributed by atoms with Crippen molar-refractivity contribution in [2.75, 3.05) is 27.2 Å². The van der Waals surface area contributed by atoms with E-state index in [2.05, 4.69) is 20.5 Å². The summed E-state index contributed by atoms with van der Waals surface area (Å²) in [6.07, 6.45) is 1.55. The molecule has 0 fully saturated rings. The van der Waals surface area contributed by atoms with Crippen LogP contribution in [0.1, 0.15) is 16.1 Å². The van der Waals surface area contributed by atoms with E-state index in [4.69, 9.17) is 16.3 Å². The lowest BCUT2D eigenvalue weighted by atomic mass is 10.2. The molecule has 0 spiro atoms. The Morgan fingerprint density at radius 1 is 1.18 bits per heavy atom. The minimum atomic E-state index is -0.301. The fourth-order valence-corrected chi connectivity index (χ4v) is 2.67. The van der Waals surface area contributed by atoms with Crippen molar-refractivity contribution in [3.05, 3.63) is 71.0 Å². The van der Waals surface area contributed by atoms with Crippen LogP contribution in [0, 0.1) is 0 Å². The number of rotatable bonds is 8. The number of amides is 1. The van der Waals surface area contributed by atoms with Crippen molar-refractivity contribution in [1.29, 1.82) is 0 Å². The van der Waals surface area contributed by atoms with Gasteiger partial charge >= 0.3 is 0 Å². The van der Waals surface area contributed by atoms with E-state index >= 15 is 0 Å². The number of carbonyl (C=O) groups excluding carboxylic acids is 1. The van der Waals surface area contributed by atoms with Gasteiger partial charge < -0.3 is 15.0 Å². The molecular weight excluding hydrogens is 378 g/mol. The van der Waals surface area contributed by atoms with Crippen LogP contribution in [-0.4, -0.2) is 53.0 Å². The van der Waals surface area contributed by atoms with Gasteiger partial charge in [0.15, 0.2) is 5.69 Å². The smallest absolute Gasteiger partial charge is 0.273 e. The van der Waals surface area contributed by atoms with E-state index in [1.54, 1.807) is 18.3 Å². The van der Waals surface area contributed by atoms with Gasteiger partial charge in [0.05, 0.1) is 16.9 Å². The first kappa shape index (κ1) is 19.9. The highest BCUT2D eigenvalue weighted by Gasteiger charge is 2.12. The summed E-state index contributed by atoms with van der Waals surface area (Å²) in [4.78, 5) is 14.4. The monoisotopic (exact) mass is 399 g/mol. The summed E-state index contributed by atoms with van der Waals surface area (Å²) >= 11 is 6.15. The highest BCUT2D eigenvalue weighted by molar-refractivity contribution is 6.32. The number of nitrogens with zero attached hydrogens (tertiary/aromatic N) is 4. The van der Waals surface area contributed by atoms with Crippen LogP contribution < -0.4 is 10.1 Å². The first-order valence-corrected chi connectivity index (χ1v) is 9.22. The lowest BCUT2D eigenvalue weighted by Gasteiger charge is -2.11. The Morgan fingerprint density at radius 2 is 1.93 bits per heavy atom. The van der Waals surface area contributed by atoms with Crippen molar-refractivity contribution in [3.8, 4) is 11.4 Å². The van der Waals surface area contributed by atoms with E-state index in [0.717, 1.165) is 17.9 Å². The summed E-state index contributed by atoms with van der Waals surface area (Å²) in [7, 11) is 4.00. The molecule has 0 saturated heterocycles. The number of carbonyl (C=O) groups is 1. The van der Waals surface area contributed by atoms with Gasteiger partial charge in [0.1, 0.15) is 12.4 Å². The van der Waals surface area contributed by atoms with Gasteiger partial charge in [-0.05, 0) is 43.9 Å². The van der Waals surface area contributed by atoms with Crippen molar-refractivity contribution in [2.24, 2.45) is 0 Å². The van der Waals surface area contributed by atoms with E-state index in [1.165, 1.54) is 4.68 Å². The minimum Gasteiger partial charge on any atom is -0.492 e. The van der Waals surface area contributed by atoms with Crippen molar-refractivity contribution in [1.82, 2.24) is 25.2 Å². The molecule has 2 aromatic carbocycles. The Balaban J connectivity index is 1.54. The van der Waals surface area contributed by atoms with Crippen molar-refractivity contribution in [2.45, 2.75) is 6.54 Å². The normalized spacial score (nSPS) is 10.9. The number of para-hydroxylation sites is 1. The van der Waals surface area contributed by atoms with Crippen LogP contribution >= 0.6 is 11.6 Å². The molecule has 0 aliphatic heterocycles. The average molecular weight is 400 g/mol. The quantitative estimate of drug-likeness (QED) is 0.630. The maximum atomic E-state index is 12.3. The molecule has 0 bridgehead atoms. The van der Waals surface area contributed by atoms with Crippen LogP contribution in [0.2, 0.25) is 5.02 Å². The summed E-state index contributed by atoms with van der Waals surface area (Å²) < 4.78 is 7.14. The fraction of sp³-hybridized carbons (Fsp3) is 0.250. The SMILES string of the molecule is CN(C)CCOc1ccc(CNC(=O)c2cn(-c3ccccc3Cl)nn2)cc1. The Kier molecular flexibility index (Phi) is 6.62. The molecule has 146 valence electrons. The summed E-state index contributed by atoms with van der Waals surface area (Å²) in [6, 6.07) is 14.9. The second kappa shape index (κ2) is 9.34. The lowest BCUT2D eigenvalue weighted by Crippen LogP contribution is -2.23. The number of ether oxygens (including phenoxy) is 1. The number of benzene rings is 2. The molecule has 0 aliphatic rings. The van der Waals surface area contributed by atoms with Crippen LogP contribution in [0.5, 0.6) is 5.75 Å². The number of aromatic nitrogens is 3. The lowest BCUT2D eigenvalue weighted by molar-refractivity contribution is 0.0946. The highest BCUT2D eigenvalue weighted by Crippen LogP contribution is 2.18. The van der Waals surface area contributed by atoms with E-state index in [1.807, 2.05) is 50.5 Å². The number of hydrogen-bond donors (Lipinski definition) is 1. The molecule has 0 radical (unpaired) electrons. The highest BCUT2D eigenvalue weighted by atomic mass is 35.5. The van der Waals surface area contributed by atoms with Gasteiger partial charge in [-0.2, -0.15) is 0 Å². The van der Waals surface area contributed by atoms with E-state index in [0.29, 0.717) is 23.9 Å². The molecule has 7 nitrogen and oxygen atoms in total. The number of halogens is 1. The summed E-state index contributed by atoms with van der Waals surface area (Å²) in [5, 5.41) is 11.3. The van der Waals surface area contributed by atoms with Gasteiger partial charge in [0.2, 0.25) is 0 Å². The van der Waals surface area contributed by atoms with E-state index in [-0.39, 0.29) is 11.6 Å². The maximum Gasteiger partial charge on any atom is 0.273 e.